The second kappa shape index (κ2) is 12.9. The van der Waals surface area contributed by atoms with E-state index in [0.717, 1.165) is 32.8 Å². The molecule has 0 saturated carbocycles. The number of nitrogens with zero attached hydrogens (tertiary/aromatic N) is 2. The summed E-state index contributed by atoms with van der Waals surface area (Å²) in [6, 6.07) is 21.0. The third kappa shape index (κ3) is 9.10. The Morgan fingerprint density at radius 2 is 1.50 bits per heavy atom. The van der Waals surface area contributed by atoms with Crippen molar-refractivity contribution in [3.8, 4) is 0 Å². The molecule has 40 heavy (non-hydrogen) atoms. The Morgan fingerprint density at radius 1 is 0.900 bits per heavy atom. The zero-order valence-corrected chi connectivity index (χ0v) is 25.5. The first-order valence-corrected chi connectivity index (χ1v) is 15.3. The molecule has 214 valence electrons. The van der Waals surface area contributed by atoms with Gasteiger partial charge in [-0.3, -0.25) is 13.9 Å². The van der Waals surface area contributed by atoms with E-state index in [1.165, 1.54) is 4.90 Å². The number of rotatable bonds is 10. The van der Waals surface area contributed by atoms with Crippen LogP contribution in [0, 0.1) is 13.8 Å². The molecule has 0 bridgehead atoms. The van der Waals surface area contributed by atoms with Crippen LogP contribution in [0.1, 0.15) is 43.0 Å². The van der Waals surface area contributed by atoms with Gasteiger partial charge in [0.1, 0.15) is 12.6 Å². The van der Waals surface area contributed by atoms with Crippen LogP contribution in [-0.4, -0.2) is 49.5 Å². The van der Waals surface area contributed by atoms with Gasteiger partial charge in [0.25, 0.3) is 0 Å². The van der Waals surface area contributed by atoms with Gasteiger partial charge in [-0.25, -0.2) is 8.42 Å². The van der Waals surface area contributed by atoms with Crippen molar-refractivity contribution in [3.05, 3.63) is 100 Å². The highest BCUT2D eigenvalue weighted by Gasteiger charge is 2.34. The number of carbonyl (C=O) groups is 2. The minimum Gasteiger partial charge on any atom is -0.350 e. The van der Waals surface area contributed by atoms with E-state index in [4.69, 9.17) is 11.6 Å². The zero-order chi connectivity index (χ0) is 29.7. The lowest BCUT2D eigenvalue weighted by Crippen LogP contribution is -2.56. The van der Waals surface area contributed by atoms with Crippen LogP contribution in [0.4, 0.5) is 5.69 Å². The summed E-state index contributed by atoms with van der Waals surface area (Å²) in [6.07, 6.45) is 1.32. The van der Waals surface area contributed by atoms with Gasteiger partial charge in [-0.2, -0.15) is 0 Å². The fourth-order valence-corrected chi connectivity index (χ4v) is 5.59. The third-order valence-corrected chi connectivity index (χ3v) is 7.56. The van der Waals surface area contributed by atoms with Gasteiger partial charge in [-0.1, -0.05) is 60.1 Å². The number of nitrogens with one attached hydrogen (secondary N) is 1. The minimum absolute atomic E-state index is 0.0684. The molecule has 1 unspecified atom stereocenters. The molecule has 3 aromatic carbocycles. The van der Waals surface area contributed by atoms with E-state index >= 15 is 0 Å². The van der Waals surface area contributed by atoms with Crippen LogP contribution in [-0.2, 0) is 32.6 Å². The fraction of sp³-hybridized carbons (Fsp3) is 0.355. The second-order valence-corrected chi connectivity index (χ2v) is 13.6. The quantitative estimate of drug-likeness (QED) is 0.352. The Hall–Kier alpha value is -3.36. The lowest BCUT2D eigenvalue weighted by molar-refractivity contribution is -0.140. The second-order valence-electron chi connectivity index (χ2n) is 11.2. The zero-order valence-electron chi connectivity index (χ0n) is 23.9. The maximum atomic E-state index is 14.1. The van der Waals surface area contributed by atoms with E-state index in [1.54, 1.807) is 30.3 Å². The van der Waals surface area contributed by atoms with Gasteiger partial charge in [-0.15, -0.1) is 0 Å². The van der Waals surface area contributed by atoms with E-state index < -0.39 is 34.1 Å². The molecule has 1 N–H and O–H groups in total. The summed E-state index contributed by atoms with van der Waals surface area (Å²) in [5.74, 6) is -0.835. The number of sulfonamides is 1. The number of benzene rings is 3. The number of amides is 2. The van der Waals surface area contributed by atoms with Crippen LogP contribution in [0.3, 0.4) is 0 Å². The number of hydrogen-bond acceptors (Lipinski definition) is 4. The summed E-state index contributed by atoms with van der Waals surface area (Å²) in [4.78, 5) is 29.3. The van der Waals surface area contributed by atoms with Crippen LogP contribution in [0.2, 0.25) is 5.02 Å². The van der Waals surface area contributed by atoms with Crippen LogP contribution in [0.25, 0.3) is 0 Å². The number of halogens is 1. The lowest BCUT2D eigenvalue weighted by Gasteiger charge is -2.35. The molecule has 0 aromatic heterocycles. The first-order valence-electron chi connectivity index (χ1n) is 13.1. The normalized spacial score (nSPS) is 12.5. The van der Waals surface area contributed by atoms with Crippen LogP contribution >= 0.6 is 11.6 Å². The average molecular weight is 584 g/mol. The van der Waals surface area contributed by atoms with Crippen LogP contribution in [0.5, 0.6) is 0 Å². The van der Waals surface area contributed by atoms with Crippen molar-refractivity contribution in [1.82, 2.24) is 10.2 Å². The molecule has 0 fully saturated rings. The van der Waals surface area contributed by atoms with Crippen molar-refractivity contribution in [2.75, 3.05) is 17.1 Å². The van der Waals surface area contributed by atoms with E-state index in [9.17, 15) is 18.0 Å². The summed E-state index contributed by atoms with van der Waals surface area (Å²) < 4.78 is 27.0. The van der Waals surface area contributed by atoms with Gasteiger partial charge >= 0.3 is 0 Å². The van der Waals surface area contributed by atoms with Gasteiger partial charge in [0, 0.05) is 23.5 Å². The Bertz CT molecular complexity index is 1430. The summed E-state index contributed by atoms with van der Waals surface area (Å²) >= 11 is 6.25. The van der Waals surface area contributed by atoms with Crippen molar-refractivity contribution >= 4 is 39.1 Å². The van der Waals surface area contributed by atoms with E-state index in [0.29, 0.717) is 10.7 Å². The first-order chi connectivity index (χ1) is 18.6. The average Bonchev–Trinajstić information content (AvgIpc) is 2.82. The summed E-state index contributed by atoms with van der Waals surface area (Å²) in [6.45, 7) is 8.97. The highest BCUT2D eigenvalue weighted by Crippen LogP contribution is 2.23. The number of carbonyl (C=O) groups excluding carboxylic acids is 2. The molecule has 0 radical (unpaired) electrons. The minimum atomic E-state index is -3.83. The van der Waals surface area contributed by atoms with E-state index in [2.05, 4.69) is 5.32 Å². The van der Waals surface area contributed by atoms with Crippen molar-refractivity contribution in [1.29, 1.82) is 0 Å². The van der Waals surface area contributed by atoms with Gasteiger partial charge in [0.05, 0.1) is 11.9 Å². The van der Waals surface area contributed by atoms with E-state index in [1.807, 2.05) is 77.1 Å². The number of hydrogen-bond donors (Lipinski definition) is 1. The molecule has 0 saturated heterocycles. The highest BCUT2D eigenvalue weighted by atomic mass is 35.5. The lowest BCUT2D eigenvalue weighted by atomic mass is 10.0. The predicted molar refractivity (Wildman–Crippen MR) is 162 cm³/mol. The maximum absolute atomic E-state index is 14.1. The molecule has 0 heterocycles. The molecule has 3 aromatic rings. The van der Waals surface area contributed by atoms with Crippen molar-refractivity contribution in [2.24, 2.45) is 0 Å². The first kappa shape index (κ1) is 31.2. The largest absolute Gasteiger partial charge is 0.350 e. The molecule has 9 heteroatoms. The Morgan fingerprint density at radius 3 is 2.05 bits per heavy atom. The highest BCUT2D eigenvalue weighted by molar-refractivity contribution is 7.92. The Kier molecular flexibility index (Phi) is 10.0. The Balaban J connectivity index is 2.09. The van der Waals surface area contributed by atoms with Crippen molar-refractivity contribution < 1.29 is 18.0 Å². The Labute approximate surface area is 243 Å². The standard InChI is InChI=1S/C31H38ClN3O4S/c1-22-15-23(2)17-27(16-22)35(40(6,38)39)21-29(36)34(20-25-13-10-14-26(32)18-25)28(30(37)33-31(3,4)5)19-24-11-8-7-9-12-24/h7-18,28H,19-21H2,1-6H3,(H,33,37). The van der Waals surface area contributed by atoms with Gasteiger partial charge in [-0.05, 0) is 81.1 Å². The number of aryl methyl sites for hydroxylation is 2. The predicted octanol–water partition coefficient (Wildman–Crippen LogP) is 5.28. The molecular formula is C31H38ClN3O4S. The van der Waals surface area contributed by atoms with Crippen LogP contribution < -0.4 is 9.62 Å². The molecule has 7 nitrogen and oxygen atoms in total. The van der Waals surface area contributed by atoms with Crippen LogP contribution in [0.15, 0.2) is 72.8 Å². The molecule has 0 aliphatic heterocycles. The topological polar surface area (TPSA) is 86.8 Å². The van der Waals surface area contributed by atoms with Crippen molar-refractivity contribution in [2.45, 2.75) is 59.2 Å². The van der Waals surface area contributed by atoms with Gasteiger partial charge < -0.3 is 10.2 Å². The number of anilines is 1. The summed E-state index contributed by atoms with van der Waals surface area (Å²) in [7, 11) is -3.83. The molecule has 2 amide bonds. The molecule has 0 spiro atoms. The van der Waals surface area contributed by atoms with Gasteiger partial charge in [0.15, 0.2) is 0 Å². The summed E-state index contributed by atoms with van der Waals surface area (Å²) in [5.41, 5.74) is 3.19. The third-order valence-electron chi connectivity index (χ3n) is 6.18. The van der Waals surface area contributed by atoms with Gasteiger partial charge in [0.2, 0.25) is 21.8 Å². The molecule has 0 aliphatic rings. The smallest absolute Gasteiger partial charge is 0.244 e. The fourth-order valence-electron chi connectivity index (χ4n) is 4.55. The van der Waals surface area contributed by atoms with E-state index in [-0.39, 0.29) is 18.9 Å². The molecule has 1 atom stereocenters. The SMILES string of the molecule is Cc1cc(C)cc(N(CC(=O)N(Cc2cccc(Cl)c2)C(Cc2ccccc2)C(=O)NC(C)(C)C)S(C)(=O)=O)c1. The summed E-state index contributed by atoms with van der Waals surface area (Å²) in [5, 5.41) is 3.51. The monoisotopic (exact) mass is 583 g/mol. The molecule has 3 rings (SSSR count). The maximum Gasteiger partial charge on any atom is 0.244 e. The van der Waals surface area contributed by atoms with Crippen molar-refractivity contribution in [3.63, 3.8) is 0 Å². The molecule has 0 aliphatic carbocycles. The molecular weight excluding hydrogens is 546 g/mol.